The van der Waals surface area contributed by atoms with E-state index in [4.69, 9.17) is 5.11 Å². The molecule has 0 amide bonds. The summed E-state index contributed by atoms with van der Waals surface area (Å²) < 4.78 is 1.38. The molecule has 1 rings (SSSR count). The summed E-state index contributed by atoms with van der Waals surface area (Å²) in [5, 5.41) is 11.5. The topological polar surface area (TPSA) is 84.2 Å². The van der Waals surface area contributed by atoms with Crippen LogP contribution in [0.5, 0.6) is 0 Å². The number of aliphatic carboxylic acids is 1. The minimum Gasteiger partial charge on any atom is -0.481 e. The number of rotatable bonds is 4. The van der Waals surface area contributed by atoms with Gasteiger partial charge in [0.1, 0.15) is 0 Å². The molecule has 2 N–H and O–H groups in total. The van der Waals surface area contributed by atoms with Crippen molar-refractivity contribution in [3.8, 4) is 0 Å². The van der Waals surface area contributed by atoms with Crippen LogP contribution in [0, 0.1) is 0 Å². The Morgan fingerprint density at radius 1 is 1.62 bits per heavy atom. The summed E-state index contributed by atoms with van der Waals surface area (Å²) in [7, 11) is 1.61. The van der Waals surface area contributed by atoms with Gasteiger partial charge in [0.15, 0.2) is 5.82 Å². The molecule has 6 heteroatoms. The number of anilines is 1. The molecule has 0 radical (unpaired) electrons. The maximum absolute atomic E-state index is 11.6. The molecule has 0 saturated heterocycles. The van der Waals surface area contributed by atoms with E-state index in [-0.39, 0.29) is 17.8 Å². The van der Waals surface area contributed by atoms with E-state index < -0.39 is 11.5 Å². The lowest BCUT2D eigenvalue weighted by Gasteiger charge is -2.24. The molecule has 6 nitrogen and oxygen atoms in total. The van der Waals surface area contributed by atoms with Crippen molar-refractivity contribution in [1.82, 2.24) is 9.55 Å². The van der Waals surface area contributed by atoms with Crippen LogP contribution < -0.4 is 10.9 Å². The molecule has 1 aromatic heterocycles. The number of carboxylic acids is 1. The number of nitrogens with zero attached hydrogens (tertiary/aromatic N) is 2. The normalized spacial score (nSPS) is 11.2. The van der Waals surface area contributed by atoms with Crippen LogP contribution in [0.1, 0.15) is 20.3 Å². The Kier molecular flexibility index (Phi) is 3.31. The van der Waals surface area contributed by atoms with Crippen LogP contribution in [0.4, 0.5) is 5.82 Å². The van der Waals surface area contributed by atoms with Crippen molar-refractivity contribution in [3.63, 3.8) is 0 Å². The first-order valence-electron chi connectivity index (χ1n) is 4.83. The number of aromatic nitrogens is 2. The summed E-state index contributed by atoms with van der Waals surface area (Å²) in [6, 6.07) is 0. The van der Waals surface area contributed by atoms with Gasteiger partial charge in [0, 0.05) is 25.0 Å². The molecule has 0 bridgehead atoms. The van der Waals surface area contributed by atoms with E-state index in [1.165, 1.54) is 17.0 Å². The highest BCUT2D eigenvalue weighted by atomic mass is 16.4. The third kappa shape index (κ3) is 3.08. The predicted octanol–water partition coefficient (Wildman–Crippen LogP) is 0.445. The van der Waals surface area contributed by atoms with Gasteiger partial charge in [-0.05, 0) is 13.8 Å². The van der Waals surface area contributed by atoms with Gasteiger partial charge in [-0.3, -0.25) is 9.59 Å². The Hall–Kier alpha value is -1.85. The van der Waals surface area contributed by atoms with Gasteiger partial charge in [-0.1, -0.05) is 0 Å². The highest BCUT2D eigenvalue weighted by Gasteiger charge is 2.23. The first kappa shape index (κ1) is 12.2. The second-order valence-electron chi connectivity index (χ2n) is 4.27. The third-order valence-corrected chi connectivity index (χ3v) is 2.07. The Balaban J connectivity index is 2.92. The van der Waals surface area contributed by atoms with Crippen LogP contribution >= 0.6 is 0 Å². The average Bonchev–Trinajstić information content (AvgIpc) is 2.10. The van der Waals surface area contributed by atoms with E-state index in [9.17, 15) is 9.59 Å². The molecule has 1 aromatic rings. The molecular weight excluding hydrogens is 210 g/mol. The lowest BCUT2D eigenvalue weighted by atomic mass is 10.0. The van der Waals surface area contributed by atoms with Crippen molar-refractivity contribution in [2.24, 2.45) is 7.05 Å². The standard InChI is InChI=1S/C10H15N3O3/c1-10(2,6-7(14)15)12-8-9(16)13(3)5-4-11-8/h4-5H,6H2,1-3H3,(H,11,12)(H,14,15). The summed E-state index contributed by atoms with van der Waals surface area (Å²) in [6.07, 6.45) is 2.94. The average molecular weight is 225 g/mol. The van der Waals surface area contributed by atoms with Crippen LogP contribution in [0.25, 0.3) is 0 Å². The van der Waals surface area contributed by atoms with Gasteiger partial charge in [0.2, 0.25) is 0 Å². The molecule has 88 valence electrons. The number of carboxylic acid groups (broad SMARTS) is 1. The Bertz CT molecular complexity index is 451. The number of carbonyl (C=O) groups is 1. The second-order valence-corrected chi connectivity index (χ2v) is 4.27. The van der Waals surface area contributed by atoms with Gasteiger partial charge in [-0.25, -0.2) is 4.98 Å². The van der Waals surface area contributed by atoms with E-state index in [1.807, 2.05) is 0 Å². The maximum Gasteiger partial charge on any atom is 0.305 e. The molecular formula is C10H15N3O3. The van der Waals surface area contributed by atoms with Gasteiger partial charge in [0.25, 0.3) is 5.56 Å². The minimum atomic E-state index is -0.926. The maximum atomic E-state index is 11.6. The fraction of sp³-hybridized carbons (Fsp3) is 0.500. The van der Waals surface area contributed by atoms with E-state index in [1.54, 1.807) is 20.9 Å². The number of nitrogens with one attached hydrogen (secondary N) is 1. The van der Waals surface area contributed by atoms with Crippen molar-refractivity contribution < 1.29 is 9.90 Å². The zero-order chi connectivity index (χ0) is 12.3. The Labute approximate surface area is 92.9 Å². The molecule has 0 aliphatic carbocycles. The largest absolute Gasteiger partial charge is 0.481 e. The monoisotopic (exact) mass is 225 g/mol. The predicted molar refractivity (Wildman–Crippen MR) is 59.4 cm³/mol. The van der Waals surface area contributed by atoms with Crippen LogP contribution in [0.15, 0.2) is 17.2 Å². The van der Waals surface area contributed by atoms with Crippen molar-refractivity contribution in [2.45, 2.75) is 25.8 Å². The molecule has 0 aliphatic heterocycles. The molecule has 16 heavy (non-hydrogen) atoms. The first-order valence-corrected chi connectivity index (χ1v) is 4.83. The van der Waals surface area contributed by atoms with Gasteiger partial charge in [-0.15, -0.1) is 0 Å². The molecule has 0 aliphatic rings. The van der Waals surface area contributed by atoms with Crippen molar-refractivity contribution >= 4 is 11.8 Å². The molecule has 1 heterocycles. The summed E-state index contributed by atoms with van der Waals surface area (Å²) in [5.74, 6) is -0.762. The van der Waals surface area contributed by atoms with E-state index in [2.05, 4.69) is 10.3 Å². The highest BCUT2D eigenvalue weighted by molar-refractivity contribution is 5.69. The van der Waals surface area contributed by atoms with Gasteiger partial charge >= 0.3 is 5.97 Å². The summed E-state index contributed by atoms with van der Waals surface area (Å²) in [6.45, 7) is 3.41. The molecule has 0 unspecified atom stereocenters. The zero-order valence-corrected chi connectivity index (χ0v) is 9.52. The molecule has 0 fully saturated rings. The SMILES string of the molecule is Cn1ccnc(NC(C)(C)CC(=O)O)c1=O. The molecule has 0 saturated carbocycles. The van der Waals surface area contributed by atoms with Gasteiger partial charge in [-0.2, -0.15) is 0 Å². The van der Waals surface area contributed by atoms with E-state index >= 15 is 0 Å². The highest BCUT2D eigenvalue weighted by Crippen LogP contribution is 2.13. The number of aryl methyl sites for hydroxylation is 1. The van der Waals surface area contributed by atoms with E-state index in [0.717, 1.165) is 0 Å². The van der Waals surface area contributed by atoms with Gasteiger partial charge < -0.3 is 15.0 Å². The van der Waals surface area contributed by atoms with Crippen molar-refractivity contribution in [3.05, 3.63) is 22.7 Å². The van der Waals surface area contributed by atoms with Crippen LogP contribution in [-0.4, -0.2) is 26.2 Å². The molecule has 0 atom stereocenters. The lowest BCUT2D eigenvalue weighted by Crippen LogP contribution is -2.37. The van der Waals surface area contributed by atoms with Crippen LogP contribution in [0.3, 0.4) is 0 Å². The fourth-order valence-electron chi connectivity index (χ4n) is 1.33. The number of hydrogen-bond donors (Lipinski definition) is 2. The van der Waals surface area contributed by atoms with Crippen LogP contribution in [-0.2, 0) is 11.8 Å². The van der Waals surface area contributed by atoms with Crippen LogP contribution in [0.2, 0.25) is 0 Å². The molecule has 0 aromatic carbocycles. The third-order valence-electron chi connectivity index (χ3n) is 2.07. The quantitative estimate of drug-likeness (QED) is 0.777. The lowest BCUT2D eigenvalue weighted by molar-refractivity contribution is -0.137. The fourth-order valence-corrected chi connectivity index (χ4v) is 1.33. The van der Waals surface area contributed by atoms with Crippen molar-refractivity contribution in [2.75, 3.05) is 5.32 Å². The van der Waals surface area contributed by atoms with Gasteiger partial charge in [0.05, 0.1) is 6.42 Å². The number of hydrogen-bond acceptors (Lipinski definition) is 4. The summed E-state index contributed by atoms with van der Waals surface area (Å²) in [5.41, 5.74) is -0.993. The summed E-state index contributed by atoms with van der Waals surface area (Å²) in [4.78, 5) is 26.1. The molecule has 0 spiro atoms. The Morgan fingerprint density at radius 3 is 2.81 bits per heavy atom. The summed E-state index contributed by atoms with van der Waals surface area (Å²) >= 11 is 0. The first-order chi connectivity index (χ1) is 7.32. The Morgan fingerprint density at radius 2 is 2.25 bits per heavy atom. The second kappa shape index (κ2) is 4.34. The van der Waals surface area contributed by atoms with E-state index in [0.29, 0.717) is 0 Å². The smallest absolute Gasteiger partial charge is 0.305 e. The van der Waals surface area contributed by atoms with Crippen molar-refractivity contribution in [1.29, 1.82) is 0 Å². The minimum absolute atomic E-state index is 0.0905. The zero-order valence-electron chi connectivity index (χ0n) is 9.52.